The summed E-state index contributed by atoms with van der Waals surface area (Å²) in [5.41, 5.74) is 8.36. The lowest BCUT2D eigenvalue weighted by molar-refractivity contribution is -0.790. The van der Waals surface area contributed by atoms with Crippen molar-refractivity contribution in [2.45, 2.75) is 70.3 Å². The summed E-state index contributed by atoms with van der Waals surface area (Å²) in [6.07, 6.45) is 6.54. The molecule has 172 valence electrons. The van der Waals surface area contributed by atoms with E-state index in [1.807, 2.05) is 18.2 Å². The Balaban J connectivity index is 2.29. The number of benzene rings is 1. The molecule has 0 heterocycles. The Morgan fingerprint density at radius 1 is 1.16 bits per heavy atom. The molecule has 3 unspecified atom stereocenters. The monoisotopic (exact) mass is 435 g/mol. The summed E-state index contributed by atoms with van der Waals surface area (Å²) >= 11 is 0. The molecule has 2 N–H and O–H groups in total. The number of nitrogens with two attached hydrogens (primary N) is 1. The zero-order chi connectivity index (χ0) is 22.9. The maximum absolute atomic E-state index is 10.9. The van der Waals surface area contributed by atoms with Crippen LogP contribution in [-0.2, 0) is 15.1 Å². The molecule has 0 aromatic heterocycles. The van der Waals surface area contributed by atoms with Crippen molar-refractivity contribution in [3.8, 4) is 0 Å². The highest BCUT2D eigenvalue weighted by Crippen LogP contribution is 2.54. The van der Waals surface area contributed by atoms with E-state index < -0.39 is 22.9 Å². The van der Waals surface area contributed by atoms with Gasteiger partial charge in [0, 0.05) is 0 Å². The Kier molecular flexibility index (Phi) is 8.79. The van der Waals surface area contributed by atoms with Crippen molar-refractivity contribution in [1.29, 1.82) is 0 Å². The van der Waals surface area contributed by atoms with Gasteiger partial charge in [-0.25, -0.2) is 0 Å². The van der Waals surface area contributed by atoms with Crippen LogP contribution in [0.2, 0.25) is 0 Å². The third-order valence-corrected chi connectivity index (χ3v) is 6.22. The maximum Gasteiger partial charge on any atom is 0.294 e. The molecule has 0 aliphatic heterocycles. The molecular weight excluding hydrogens is 402 g/mol. The maximum atomic E-state index is 10.9. The first-order valence-corrected chi connectivity index (χ1v) is 10.7. The van der Waals surface area contributed by atoms with Gasteiger partial charge in [-0.2, -0.15) is 0 Å². The van der Waals surface area contributed by atoms with Gasteiger partial charge in [0.1, 0.15) is 12.7 Å². The quantitative estimate of drug-likeness (QED) is 0.293. The zero-order valence-corrected chi connectivity index (χ0v) is 18.3. The molecule has 9 heteroatoms. The van der Waals surface area contributed by atoms with Crippen molar-refractivity contribution >= 4 is 0 Å². The molecule has 1 fully saturated rings. The second-order valence-electron chi connectivity index (χ2n) is 8.78. The summed E-state index contributed by atoms with van der Waals surface area (Å²) in [6, 6.07) is 10.4. The molecule has 0 spiro atoms. The first kappa shape index (κ1) is 24.6. The first-order valence-electron chi connectivity index (χ1n) is 10.7. The summed E-state index contributed by atoms with van der Waals surface area (Å²) in [7, 11) is 0. The minimum atomic E-state index is -1.00. The van der Waals surface area contributed by atoms with E-state index in [1.165, 1.54) is 11.1 Å². The lowest BCUT2D eigenvalue weighted by Gasteiger charge is -2.49. The Labute approximate surface area is 182 Å². The van der Waals surface area contributed by atoms with Crippen LogP contribution in [-0.4, -0.2) is 29.4 Å². The molecular formula is C22H33N3O6. The highest BCUT2D eigenvalue weighted by molar-refractivity contribution is 5.30. The van der Waals surface area contributed by atoms with Crippen LogP contribution in [0.4, 0.5) is 0 Å². The third kappa shape index (κ3) is 7.20. The van der Waals surface area contributed by atoms with E-state index >= 15 is 0 Å². The number of allylic oxidation sites excluding steroid dienone is 2. The Bertz CT molecular complexity index is 772. The summed E-state index contributed by atoms with van der Waals surface area (Å²) in [5.74, 6) is 0. The standard InChI is InChI=1S/C22H33N3O6/c1-3-7-18-14-21(2,19-8-5-4-6-9-19)17-22(15-18,12-13-23)11-10-20(31-25(28)29)16-30-24(26)27/h4-9,20H,3,10-17,23H2,1-2H3/b18-7-. The van der Waals surface area contributed by atoms with Crippen LogP contribution in [0.25, 0.3) is 0 Å². The van der Waals surface area contributed by atoms with Crippen LogP contribution in [0, 0.1) is 25.6 Å². The van der Waals surface area contributed by atoms with Gasteiger partial charge in [0.15, 0.2) is 0 Å². The van der Waals surface area contributed by atoms with Crippen molar-refractivity contribution in [2.24, 2.45) is 11.1 Å². The topological polar surface area (TPSA) is 131 Å². The fourth-order valence-electron chi connectivity index (χ4n) is 5.16. The van der Waals surface area contributed by atoms with E-state index in [1.54, 1.807) is 0 Å². The van der Waals surface area contributed by atoms with E-state index in [0.717, 1.165) is 32.1 Å². The van der Waals surface area contributed by atoms with Gasteiger partial charge in [0.2, 0.25) is 0 Å². The first-order chi connectivity index (χ1) is 14.7. The van der Waals surface area contributed by atoms with E-state index in [-0.39, 0.29) is 17.3 Å². The minimum absolute atomic E-state index is 0.0908. The molecule has 1 aromatic rings. The van der Waals surface area contributed by atoms with Crippen molar-refractivity contribution in [1.82, 2.24) is 0 Å². The summed E-state index contributed by atoms with van der Waals surface area (Å²) in [6.45, 7) is 4.40. The number of nitrogens with zero attached hydrogens (tertiary/aromatic N) is 2. The molecule has 0 bridgehead atoms. The second-order valence-corrected chi connectivity index (χ2v) is 8.78. The average molecular weight is 436 g/mol. The van der Waals surface area contributed by atoms with Gasteiger partial charge in [-0.3, -0.25) is 0 Å². The molecule has 0 radical (unpaired) electrons. The normalized spacial score (nSPS) is 25.7. The lowest BCUT2D eigenvalue weighted by Crippen LogP contribution is -2.41. The van der Waals surface area contributed by atoms with Gasteiger partial charge in [0.05, 0.1) is 0 Å². The van der Waals surface area contributed by atoms with Gasteiger partial charge >= 0.3 is 0 Å². The molecule has 0 saturated heterocycles. The van der Waals surface area contributed by atoms with Crippen molar-refractivity contribution < 1.29 is 19.8 Å². The molecule has 1 aliphatic rings. The second kappa shape index (κ2) is 11.1. The predicted octanol–water partition coefficient (Wildman–Crippen LogP) is 4.37. The molecule has 1 aliphatic carbocycles. The fourth-order valence-corrected chi connectivity index (χ4v) is 5.16. The van der Waals surface area contributed by atoms with Gasteiger partial charge in [-0.15, -0.1) is 20.2 Å². The fraction of sp³-hybridized carbons (Fsp3) is 0.636. The Morgan fingerprint density at radius 2 is 1.87 bits per heavy atom. The molecule has 0 amide bonds. The Hall–Kier alpha value is -2.68. The van der Waals surface area contributed by atoms with Crippen molar-refractivity contribution in [3.05, 3.63) is 67.8 Å². The highest BCUT2D eigenvalue weighted by Gasteiger charge is 2.44. The van der Waals surface area contributed by atoms with Crippen LogP contribution < -0.4 is 5.73 Å². The SMILES string of the molecule is CC/C=C1\CC(CCN)(CCC(CO[N+](=O)[O-])O[N+](=O)[O-])CC(C)(c2ccccc2)C1. The van der Waals surface area contributed by atoms with Crippen LogP contribution in [0.1, 0.15) is 64.4 Å². The molecule has 9 nitrogen and oxygen atoms in total. The average Bonchev–Trinajstić information content (AvgIpc) is 2.70. The molecule has 3 atom stereocenters. The third-order valence-electron chi connectivity index (χ3n) is 6.22. The summed E-state index contributed by atoms with van der Waals surface area (Å²) < 4.78 is 0. The summed E-state index contributed by atoms with van der Waals surface area (Å²) in [4.78, 5) is 30.5. The number of hydrogen-bond donors (Lipinski definition) is 1. The van der Waals surface area contributed by atoms with Crippen LogP contribution in [0.5, 0.6) is 0 Å². The zero-order valence-electron chi connectivity index (χ0n) is 18.3. The summed E-state index contributed by atoms with van der Waals surface area (Å²) in [5, 5.41) is 19.5. The Morgan fingerprint density at radius 3 is 2.45 bits per heavy atom. The van der Waals surface area contributed by atoms with E-state index in [2.05, 4.69) is 41.7 Å². The van der Waals surface area contributed by atoms with Gasteiger partial charge < -0.3 is 15.4 Å². The van der Waals surface area contributed by atoms with Crippen LogP contribution in [0.15, 0.2) is 42.0 Å². The van der Waals surface area contributed by atoms with E-state index in [0.29, 0.717) is 13.0 Å². The lowest BCUT2D eigenvalue weighted by atomic mass is 9.56. The minimum Gasteiger partial charge on any atom is -0.330 e. The van der Waals surface area contributed by atoms with E-state index in [4.69, 9.17) is 5.73 Å². The smallest absolute Gasteiger partial charge is 0.294 e. The molecule has 1 saturated carbocycles. The van der Waals surface area contributed by atoms with Crippen LogP contribution >= 0.6 is 0 Å². The van der Waals surface area contributed by atoms with Gasteiger partial charge in [-0.05, 0) is 67.9 Å². The molecule has 1 aromatic carbocycles. The van der Waals surface area contributed by atoms with Crippen LogP contribution in [0.3, 0.4) is 0 Å². The van der Waals surface area contributed by atoms with Crippen molar-refractivity contribution in [2.75, 3.05) is 13.2 Å². The predicted molar refractivity (Wildman–Crippen MR) is 116 cm³/mol. The molecule has 2 rings (SSSR count). The molecule has 31 heavy (non-hydrogen) atoms. The number of rotatable bonds is 12. The van der Waals surface area contributed by atoms with E-state index in [9.17, 15) is 20.2 Å². The largest absolute Gasteiger partial charge is 0.330 e. The van der Waals surface area contributed by atoms with Crippen molar-refractivity contribution in [3.63, 3.8) is 0 Å². The van der Waals surface area contributed by atoms with Gasteiger partial charge in [-0.1, -0.05) is 55.8 Å². The highest BCUT2D eigenvalue weighted by atomic mass is 17.0. The number of hydrogen-bond acceptors (Lipinski definition) is 7. The van der Waals surface area contributed by atoms with Gasteiger partial charge in [0.25, 0.3) is 10.2 Å².